The number of H-pyrrole nitrogens is 1. The molecule has 0 spiro atoms. The van der Waals surface area contributed by atoms with Crippen molar-refractivity contribution in [1.29, 1.82) is 0 Å². The number of aromatic nitrogens is 1. The summed E-state index contributed by atoms with van der Waals surface area (Å²) in [5, 5.41) is 2.59. The molecule has 1 saturated heterocycles. The summed E-state index contributed by atoms with van der Waals surface area (Å²) in [5.41, 5.74) is -0.587. The number of para-hydroxylation sites is 1. The van der Waals surface area contributed by atoms with Gasteiger partial charge >= 0.3 is 6.18 Å². The molecule has 2 N–H and O–H groups in total. The second kappa shape index (κ2) is 7.31. The van der Waals surface area contributed by atoms with Crippen LogP contribution in [0.2, 0.25) is 0 Å². The first-order valence-electron chi connectivity index (χ1n) is 8.24. The highest BCUT2D eigenvalue weighted by atomic mass is 19.4. The van der Waals surface area contributed by atoms with Crippen LogP contribution in [-0.4, -0.2) is 19.0 Å². The Bertz CT molecular complexity index is 769. The number of carbonyl (C=O) groups excluding carboxylic acids is 1. The van der Waals surface area contributed by atoms with Crippen molar-refractivity contribution in [3.05, 3.63) is 54.0 Å². The number of hydrogen-bond acceptors (Lipinski definition) is 2. The molecule has 1 aromatic heterocycles. The van der Waals surface area contributed by atoms with Crippen LogP contribution in [0.3, 0.4) is 0 Å². The maximum atomic E-state index is 13.6. The standard InChI is InChI=1S/C18H17F4N3O/c19-14-3-1-2-4-15(14)24-17(26)12-7-9-25(10-8-12)16-6-5-13(11-23-16)18(20,21)22/h1-6,11-12H,7-10H2,(H,24,26)/p+1. The number of hydrogen-bond donors (Lipinski definition) is 1. The Morgan fingerprint density at radius 3 is 2.38 bits per heavy atom. The average Bonchev–Trinajstić information content (AvgIpc) is 2.63. The maximum absolute atomic E-state index is 13.6. The number of piperidine rings is 1. The molecule has 4 nitrogen and oxygen atoms in total. The molecule has 0 bridgehead atoms. The zero-order chi connectivity index (χ0) is 18.7. The fourth-order valence-corrected chi connectivity index (χ4v) is 2.97. The Balaban J connectivity index is 1.57. The maximum Gasteiger partial charge on any atom is 0.419 e. The fourth-order valence-electron chi connectivity index (χ4n) is 2.97. The second-order valence-corrected chi connectivity index (χ2v) is 6.19. The molecule has 0 atom stereocenters. The minimum atomic E-state index is -4.38. The van der Waals surface area contributed by atoms with Gasteiger partial charge in [-0.05, 0) is 31.0 Å². The fraction of sp³-hybridized carbons (Fsp3) is 0.333. The predicted molar refractivity (Wildman–Crippen MR) is 88.0 cm³/mol. The van der Waals surface area contributed by atoms with Gasteiger partial charge in [0.2, 0.25) is 5.91 Å². The van der Waals surface area contributed by atoms with E-state index in [1.807, 2.05) is 4.90 Å². The molecule has 1 aliphatic rings. The molecular formula is C18H18F4N3O+. The van der Waals surface area contributed by atoms with Gasteiger partial charge in [0.1, 0.15) is 12.0 Å². The molecule has 26 heavy (non-hydrogen) atoms. The van der Waals surface area contributed by atoms with E-state index in [1.54, 1.807) is 12.1 Å². The number of carbonyl (C=O) groups is 1. The van der Waals surface area contributed by atoms with E-state index in [0.29, 0.717) is 31.7 Å². The van der Waals surface area contributed by atoms with E-state index < -0.39 is 17.6 Å². The zero-order valence-electron chi connectivity index (χ0n) is 13.8. The molecule has 1 aromatic carbocycles. The van der Waals surface area contributed by atoms with Gasteiger partial charge in [0.25, 0.3) is 5.82 Å². The van der Waals surface area contributed by atoms with Crippen molar-refractivity contribution in [2.24, 2.45) is 5.92 Å². The third kappa shape index (κ3) is 4.12. The lowest BCUT2D eigenvalue weighted by Gasteiger charge is -2.27. The van der Waals surface area contributed by atoms with Crippen LogP contribution < -0.4 is 15.2 Å². The van der Waals surface area contributed by atoms with Gasteiger partial charge in [-0.2, -0.15) is 13.2 Å². The van der Waals surface area contributed by atoms with Crippen molar-refractivity contribution in [2.75, 3.05) is 23.3 Å². The number of nitrogens with one attached hydrogen (secondary N) is 2. The van der Waals surface area contributed by atoms with Crippen LogP contribution in [-0.2, 0) is 11.0 Å². The molecular weight excluding hydrogens is 350 g/mol. The van der Waals surface area contributed by atoms with E-state index in [9.17, 15) is 22.4 Å². The molecule has 8 heteroatoms. The lowest BCUT2D eigenvalue weighted by atomic mass is 9.95. The highest BCUT2D eigenvalue weighted by Crippen LogP contribution is 2.29. The van der Waals surface area contributed by atoms with Gasteiger partial charge in [-0.15, -0.1) is 0 Å². The number of pyridine rings is 1. The highest BCUT2D eigenvalue weighted by molar-refractivity contribution is 5.92. The number of amides is 1. The summed E-state index contributed by atoms with van der Waals surface area (Å²) in [6, 6.07) is 8.38. The van der Waals surface area contributed by atoms with Gasteiger partial charge in [0, 0.05) is 12.0 Å². The Morgan fingerprint density at radius 2 is 1.81 bits per heavy atom. The van der Waals surface area contributed by atoms with Crippen LogP contribution in [0.25, 0.3) is 0 Å². The number of nitrogens with zero attached hydrogens (tertiary/aromatic N) is 1. The SMILES string of the molecule is O=C(Nc1ccccc1F)C1CCN(c2ccc(C(F)(F)F)c[nH+]2)CC1. The largest absolute Gasteiger partial charge is 0.419 e. The topological polar surface area (TPSA) is 46.5 Å². The van der Waals surface area contributed by atoms with Crippen LogP contribution in [0.1, 0.15) is 18.4 Å². The Hall–Kier alpha value is -2.64. The first-order chi connectivity index (χ1) is 12.3. The van der Waals surface area contributed by atoms with Crippen LogP contribution >= 0.6 is 0 Å². The van der Waals surface area contributed by atoms with Crippen molar-refractivity contribution in [2.45, 2.75) is 19.0 Å². The summed E-state index contributed by atoms with van der Waals surface area (Å²) in [5.74, 6) is -0.421. The van der Waals surface area contributed by atoms with Crippen molar-refractivity contribution < 1.29 is 27.3 Å². The molecule has 3 rings (SSSR count). The number of rotatable bonds is 3. The van der Waals surface area contributed by atoms with Crippen LogP contribution in [0, 0.1) is 11.7 Å². The van der Waals surface area contributed by atoms with E-state index in [2.05, 4.69) is 10.3 Å². The monoisotopic (exact) mass is 368 g/mol. The van der Waals surface area contributed by atoms with Crippen LogP contribution in [0.4, 0.5) is 29.1 Å². The summed E-state index contributed by atoms with van der Waals surface area (Å²) in [6.07, 6.45) is -2.37. The molecule has 0 unspecified atom stereocenters. The number of alkyl halides is 3. The minimum Gasteiger partial charge on any atom is -0.323 e. The molecule has 0 radical (unpaired) electrons. The molecule has 1 aliphatic heterocycles. The van der Waals surface area contributed by atoms with Gasteiger partial charge in [0.15, 0.2) is 0 Å². The summed E-state index contributed by atoms with van der Waals surface area (Å²) in [6.45, 7) is 1.05. The summed E-state index contributed by atoms with van der Waals surface area (Å²) in [4.78, 5) is 16.8. The minimum absolute atomic E-state index is 0.149. The summed E-state index contributed by atoms with van der Waals surface area (Å²) < 4.78 is 51.4. The third-order valence-corrected chi connectivity index (χ3v) is 4.46. The summed E-state index contributed by atoms with van der Waals surface area (Å²) >= 11 is 0. The van der Waals surface area contributed by atoms with Crippen LogP contribution in [0.5, 0.6) is 0 Å². The number of halogens is 4. The number of benzene rings is 1. The number of aromatic amines is 1. The smallest absolute Gasteiger partial charge is 0.323 e. The van der Waals surface area contributed by atoms with E-state index in [-0.39, 0.29) is 17.5 Å². The van der Waals surface area contributed by atoms with Gasteiger partial charge in [-0.3, -0.25) is 9.69 Å². The molecule has 138 valence electrons. The van der Waals surface area contributed by atoms with Gasteiger partial charge < -0.3 is 5.32 Å². The lowest BCUT2D eigenvalue weighted by molar-refractivity contribution is -0.367. The van der Waals surface area contributed by atoms with E-state index in [4.69, 9.17) is 0 Å². The lowest BCUT2D eigenvalue weighted by Crippen LogP contribution is -2.40. The zero-order valence-corrected chi connectivity index (χ0v) is 13.8. The number of anilines is 2. The third-order valence-electron chi connectivity index (χ3n) is 4.46. The van der Waals surface area contributed by atoms with Crippen molar-refractivity contribution in [3.63, 3.8) is 0 Å². The Labute approximate surface area is 147 Å². The summed E-state index contributed by atoms with van der Waals surface area (Å²) in [7, 11) is 0. The predicted octanol–water partition coefficient (Wildman–Crippen LogP) is 3.51. The van der Waals surface area contributed by atoms with E-state index in [0.717, 1.165) is 12.3 Å². The van der Waals surface area contributed by atoms with E-state index in [1.165, 1.54) is 18.2 Å². The molecule has 1 amide bonds. The van der Waals surface area contributed by atoms with Crippen molar-refractivity contribution >= 4 is 17.4 Å². The first-order valence-corrected chi connectivity index (χ1v) is 8.24. The van der Waals surface area contributed by atoms with Gasteiger partial charge in [-0.1, -0.05) is 12.1 Å². The average molecular weight is 368 g/mol. The second-order valence-electron chi connectivity index (χ2n) is 6.19. The molecule has 0 aliphatic carbocycles. The van der Waals surface area contributed by atoms with Gasteiger partial charge in [0.05, 0.1) is 24.3 Å². The van der Waals surface area contributed by atoms with Crippen molar-refractivity contribution in [3.8, 4) is 0 Å². The van der Waals surface area contributed by atoms with Crippen molar-refractivity contribution in [1.82, 2.24) is 0 Å². The Kier molecular flexibility index (Phi) is 5.11. The quantitative estimate of drug-likeness (QED) is 0.843. The molecule has 1 fully saturated rings. The highest BCUT2D eigenvalue weighted by Gasteiger charge is 2.33. The van der Waals surface area contributed by atoms with Crippen LogP contribution in [0.15, 0.2) is 42.6 Å². The normalized spacial score (nSPS) is 15.8. The van der Waals surface area contributed by atoms with E-state index >= 15 is 0 Å². The molecule has 2 heterocycles. The molecule has 2 aromatic rings. The van der Waals surface area contributed by atoms with Gasteiger partial charge in [-0.25, -0.2) is 9.37 Å². The first kappa shape index (κ1) is 18.2. The Morgan fingerprint density at radius 1 is 1.12 bits per heavy atom. The molecule has 0 saturated carbocycles.